The summed E-state index contributed by atoms with van der Waals surface area (Å²) in [6, 6.07) is 6.26. The van der Waals surface area contributed by atoms with Crippen LogP contribution in [0.25, 0.3) is 11.0 Å². The van der Waals surface area contributed by atoms with Gasteiger partial charge in [-0.3, -0.25) is 4.90 Å². The number of nitrogens with zero attached hydrogens (tertiary/aromatic N) is 3. The molecule has 1 aromatic heterocycles. The van der Waals surface area contributed by atoms with Crippen molar-refractivity contribution in [3.63, 3.8) is 0 Å². The summed E-state index contributed by atoms with van der Waals surface area (Å²) in [6.07, 6.45) is 0.185. The fraction of sp³-hybridized carbons (Fsp3) is 0.533. The number of hydrogen-bond acceptors (Lipinski definition) is 4. The molecule has 1 fully saturated rings. The third kappa shape index (κ3) is 2.51. The van der Waals surface area contributed by atoms with Gasteiger partial charge in [-0.05, 0) is 31.2 Å². The lowest BCUT2D eigenvalue weighted by molar-refractivity contribution is -0.0335. The molecule has 1 atom stereocenters. The molecule has 108 valence electrons. The van der Waals surface area contributed by atoms with E-state index in [-0.39, 0.29) is 6.10 Å². The first-order valence-corrected chi connectivity index (χ1v) is 7.23. The predicted molar refractivity (Wildman–Crippen MR) is 80.7 cm³/mol. The topological polar surface area (TPSA) is 56.3 Å². The van der Waals surface area contributed by atoms with Crippen LogP contribution in [-0.4, -0.2) is 46.8 Å². The number of benzene rings is 1. The zero-order valence-electron chi connectivity index (χ0n) is 12.2. The molecule has 0 bridgehead atoms. The maximum Gasteiger partial charge on any atom is 0.201 e. The van der Waals surface area contributed by atoms with E-state index in [2.05, 4.69) is 46.5 Å². The number of likely N-dealkylation sites (N-methyl/N-ethyl adjacent to an activating group) is 1. The summed E-state index contributed by atoms with van der Waals surface area (Å²) >= 11 is 0. The van der Waals surface area contributed by atoms with Gasteiger partial charge in [0, 0.05) is 13.1 Å². The summed E-state index contributed by atoms with van der Waals surface area (Å²) in [7, 11) is 0. The van der Waals surface area contributed by atoms with Crippen LogP contribution in [-0.2, 0) is 11.3 Å². The van der Waals surface area contributed by atoms with Gasteiger partial charge in [0.15, 0.2) is 0 Å². The van der Waals surface area contributed by atoms with Gasteiger partial charge >= 0.3 is 0 Å². The number of hydrogen-bond donors (Lipinski definition) is 1. The Hall–Kier alpha value is -1.59. The number of nitrogen functional groups attached to an aromatic ring is 1. The molecule has 2 N–H and O–H groups in total. The van der Waals surface area contributed by atoms with Gasteiger partial charge in [-0.2, -0.15) is 0 Å². The van der Waals surface area contributed by atoms with Gasteiger partial charge in [0.2, 0.25) is 5.95 Å². The average molecular weight is 274 g/mol. The molecule has 20 heavy (non-hydrogen) atoms. The quantitative estimate of drug-likeness (QED) is 0.924. The first kappa shape index (κ1) is 13.4. The standard InChI is InChI=1S/C15H22N4O/c1-3-18-6-7-20-12(9-18)10-19-14-5-4-11(2)8-13(14)17-15(19)16/h4-5,8,12H,3,6-7,9-10H2,1-2H3,(H2,16,17). The second-order valence-corrected chi connectivity index (χ2v) is 5.46. The average Bonchev–Trinajstić information content (AvgIpc) is 2.74. The van der Waals surface area contributed by atoms with Crippen LogP contribution in [0.4, 0.5) is 5.95 Å². The van der Waals surface area contributed by atoms with Crippen molar-refractivity contribution >= 4 is 17.0 Å². The molecule has 3 rings (SSSR count). The Morgan fingerprint density at radius 3 is 3.10 bits per heavy atom. The fourth-order valence-corrected chi connectivity index (χ4v) is 2.83. The molecular formula is C15H22N4O. The molecular weight excluding hydrogens is 252 g/mol. The summed E-state index contributed by atoms with van der Waals surface area (Å²) < 4.78 is 7.93. The number of rotatable bonds is 3. The van der Waals surface area contributed by atoms with Gasteiger partial charge in [0.05, 0.1) is 30.3 Å². The van der Waals surface area contributed by atoms with Gasteiger partial charge in [-0.25, -0.2) is 4.98 Å². The first-order valence-electron chi connectivity index (χ1n) is 7.23. The Bertz CT molecular complexity index is 607. The van der Waals surface area contributed by atoms with Crippen molar-refractivity contribution in [2.75, 3.05) is 32.0 Å². The van der Waals surface area contributed by atoms with E-state index < -0.39 is 0 Å². The van der Waals surface area contributed by atoms with Crippen LogP contribution in [0, 0.1) is 6.92 Å². The van der Waals surface area contributed by atoms with E-state index in [1.165, 1.54) is 5.56 Å². The lowest BCUT2D eigenvalue weighted by Gasteiger charge is -2.32. The van der Waals surface area contributed by atoms with Gasteiger partial charge in [0.1, 0.15) is 0 Å². The SMILES string of the molecule is CCN1CCOC(Cn2c(N)nc3cc(C)ccc32)C1. The predicted octanol–water partition coefficient (Wildman–Crippen LogP) is 1.65. The first-order chi connectivity index (χ1) is 9.67. The van der Waals surface area contributed by atoms with Crippen molar-refractivity contribution in [1.82, 2.24) is 14.5 Å². The molecule has 5 nitrogen and oxygen atoms in total. The van der Waals surface area contributed by atoms with Crippen molar-refractivity contribution in [1.29, 1.82) is 0 Å². The second kappa shape index (κ2) is 5.42. The molecule has 0 amide bonds. The van der Waals surface area contributed by atoms with Crippen molar-refractivity contribution in [3.05, 3.63) is 23.8 Å². The van der Waals surface area contributed by atoms with Crippen LogP contribution in [0.3, 0.4) is 0 Å². The second-order valence-electron chi connectivity index (χ2n) is 5.46. The number of aryl methyl sites for hydroxylation is 1. The maximum absolute atomic E-state index is 6.07. The zero-order chi connectivity index (χ0) is 14.1. The maximum atomic E-state index is 6.07. The highest BCUT2D eigenvalue weighted by molar-refractivity contribution is 5.79. The molecule has 1 aromatic carbocycles. The summed E-state index contributed by atoms with van der Waals surface area (Å²) in [5.74, 6) is 0.572. The monoisotopic (exact) mass is 274 g/mol. The molecule has 1 aliphatic heterocycles. The summed E-state index contributed by atoms with van der Waals surface area (Å²) in [6.45, 7) is 8.86. The van der Waals surface area contributed by atoms with Crippen LogP contribution in [0.5, 0.6) is 0 Å². The smallest absolute Gasteiger partial charge is 0.201 e. The van der Waals surface area contributed by atoms with Crippen molar-refractivity contribution < 1.29 is 4.74 Å². The van der Waals surface area contributed by atoms with E-state index in [0.29, 0.717) is 5.95 Å². The third-order valence-electron chi connectivity index (χ3n) is 3.99. The lowest BCUT2D eigenvalue weighted by atomic mass is 10.2. The van der Waals surface area contributed by atoms with Crippen LogP contribution in [0.1, 0.15) is 12.5 Å². The number of fused-ring (bicyclic) bond motifs is 1. The molecule has 0 spiro atoms. The molecule has 1 unspecified atom stereocenters. The summed E-state index contributed by atoms with van der Waals surface area (Å²) in [5, 5.41) is 0. The van der Waals surface area contributed by atoms with Crippen LogP contribution < -0.4 is 5.73 Å². The van der Waals surface area contributed by atoms with E-state index in [1.54, 1.807) is 0 Å². The Morgan fingerprint density at radius 1 is 1.45 bits per heavy atom. The van der Waals surface area contributed by atoms with Gasteiger partial charge < -0.3 is 15.0 Å². The molecule has 0 saturated carbocycles. The van der Waals surface area contributed by atoms with Crippen molar-refractivity contribution in [3.8, 4) is 0 Å². The van der Waals surface area contributed by atoms with E-state index >= 15 is 0 Å². The van der Waals surface area contributed by atoms with Crippen LogP contribution in [0.2, 0.25) is 0 Å². The molecule has 0 radical (unpaired) electrons. The number of nitrogens with two attached hydrogens (primary N) is 1. The normalized spacial score (nSPS) is 20.6. The van der Waals surface area contributed by atoms with Gasteiger partial charge in [0.25, 0.3) is 0 Å². The Labute approximate surface area is 119 Å². The molecule has 1 saturated heterocycles. The molecule has 1 aliphatic rings. The van der Waals surface area contributed by atoms with E-state index in [1.807, 2.05) is 0 Å². The van der Waals surface area contributed by atoms with Gasteiger partial charge in [-0.1, -0.05) is 13.0 Å². The highest BCUT2D eigenvalue weighted by Gasteiger charge is 2.21. The molecule has 5 heteroatoms. The highest BCUT2D eigenvalue weighted by atomic mass is 16.5. The fourth-order valence-electron chi connectivity index (χ4n) is 2.83. The summed E-state index contributed by atoms with van der Waals surface area (Å²) in [5.41, 5.74) is 9.32. The number of aromatic nitrogens is 2. The van der Waals surface area contributed by atoms with E-state index in [0.717, 1.165) is 43.8 Å². The third-order valence-corrected chi connectivity index (χ3v) is 3.99. The Kier molecular flexibility index (Phi) is 3.63. The van der Waals surface area contributed by atoms with Gasteiger partial charge in [-0.15, -0.1) is 0 Å². The number of morpholine rings is 1. The van der Waals surface area contributed by atoms with Crippen molar-refractivity contribution in [2.45, 2.75) is 26.5 Å². The summed E-state index contributed by atoms with van der Waals surface area (Å²) in [4.78, 5) is 6.86. The molecule has 2 heterocycles. The van der Waals surface area contributed by atoms with E-state index in [4.69, 9.17) is 10.5 Å². The molecule has 2 aromatic rings. The largest absolute Gasteiger partial charge is 0.374 e. The Balaban J connectivity index is 1.85. The van der Waals surface area contributed by atoms with Crippen LogP contribution >= 0.6 is 0 Å². The lowest BCUT2D eigenvalue weighted by Crippen LogP contribution is -2.44. The zero-order valence-corrected chi connectivity index (χ0v) is 12.2. The van der Waals surface area contributed by atoms with E-state index in [9.17, 15) is 0 Å². The Morgan fingerprint density at radius 2 is 2.30 bits per heavy atom. The number of ether oxygens (including phenoxy) is 1. The minimum absolute atomic E-state index is 0.185. The minimum atomic E-state index is 0.185. The number of imidazole rings is 1. The minimum Gasteiger partial charge on any atom is -0.374 e. The van der Waals surface area contributed by atoms with Crippen molar-refractivity contribution in [2.24, 2.45) is 0 Å². The molecule has 0 aliphatic carbocycles. The number of anilines is 1. The van der Waals surface area contributed by atoms with Crippen LogP contribution in [0.15, 0.2) is 18.2 Å². The highest BCUT2D eigenvalue weighted by Crippen LogP contribution is 2.20.